The maximum Gasteiger partial charge on any atom is 0.253 e. The summed E-state index contributed by atoms with van der Waals surface area (Å²) >= 11 is 0. The van der Waals surface area contributed by atoms with Gasteiger partial charge in [0.25, 0.3) is 5.91 Å². The molecular weight excluding hydrogens is 248 g/mol. The van der Waals surface area contributed by atoms with Crippen molar-refractivity contribution < 1.29 is 4.79 Å². The van der Waals surface area contributed by atoms with E-state index in [2.05, 4.69) is 13.8 Å². The third-order valence-electron chi connectivity index (χ3n) is 4.41. The molecule has 0 aliphatic carbocycles. The van der Waals surface area contributed by atoms with Gasteiger partial charge < -0.3 is 10.6 Å². The second-order valence-corrected chi connectivity index (χ2v) is 6.13. The molecule has 1 aromatic rings. The lowest BCUT2D eigenvalue weighted by Gasteiger charge is -2.22. The minimum absolute atomic E-state index is 0.157. The lowest BCUT2D eigenvalue weighted by Crippen LogP contribution is -2.32. The van der Waals surface area contributed by atoms with E-state index in [4.69, 9.17) is 5.73 Å². The molecule has 1 aromatic carbocycles. The highest BCUT2D eigenvalue weighted by Gasteiger charge is 2.23. The summed E-state index contributed by atoms with van der Waals surface area (Å²) in [5.74, 6) is 1.62. The van der Waals surface area contributed by atoms with Crippen molar-refractivity contribution in [3.05, 3.63) is 35.4 Å². The van der Waals surface area contributed by atoms with Crippen LogP contribution in [0.25, 0.3) is 0 Å². The Kier molecular flexibility index (Phi) is 5.18. The molecule has 0 radical (unpaired) electrons. The molecule has 1 heterocycles. The summed E-state index contributed by atoms with van der Waals surface area (Å²) in [6.45, 7) is 6.82. The third kappa shape index (κ3) is 3.60. The van der Waals surface area contributed by atoms with Crippen LogP contribution in [0.1, 0.15) is 49.0 Å². The van der Waals surface area contributed by atoms with Crippen LogP contribution in [0, 0.1) is 11.8 Å². The molecule has 1 unspecified atom stereocenters. The molecule has 110 valence electrons. The van der Waals surface area contributed by atoms with Crippen molar-refractivity contribution in [3.8, 4) is 0 Å². The summed E-state index contributed by atoms with van der Waals surface area (Å²) < 4.78 is 0. The Balaban J connectivity index is 2.05. The highest BCUT2D eigenvalue weighted by molar-refractivity contribution is 5.94. The number of rotatable bonds is 3. The summed E-state index contributed by atoms with van der Waals surface area (Å²) in [6.07, 6.45) is 3.48. The van der Waals surface area contributed by atoms with Crippen LogP contribution in [-0.2, 0) is 6.54 Å². The first-order valence-corrected chi connectivity index (χ1v) is 7.70. The van der Waals surface area contributed by atoms with Gasteiger partial charge in [0.05, 0.1) is 0 Å². The number of likely N-dealkylation sites (tertiary alicyclic amines) is 1. The van der Waals surface area contributed by atoms with Gasteiger partial charge in [-0.3, -0.25) is 4.79 Å². The van der Waals surface area contributed by atoms with Crippen molar-refractivity contribution in [1.82, 2.24) is 4.90 Å². The molecule has 2 rings (SSSR count). The molecule has 1 fully saturated rings. The van der Waals surface area contributed by atoms with Crippen molar-refractivity contribution in [2.45, 2.75) is 39.7 Å². The molecule has 20 heavy (non-hydrogen) atoms. The van der Waals surface area contributed by atoms with Gasteiger partial charge >= 0.3 is 0 Å². The fourth-order valence-corrected chi connectivity index (χ4v) is 3.01. The summed E-state index contributed by atoms with van der Waals surface area (Å²) in [7, 11) is 0. The van der Waals surface area contributed by atoms with Gasteiger partial charge in [0.2, 0.25) is 0 Å². The summed E-state index contributed by atoms with van der Waals surface area (Å²) in [5.41, 5.74) is 7.44. The van der Waals surface area contributed by atoms with Crippen LogP contribution in [0.4, 0.5) is 0 Å². The first-order chi connectivity index (χ1) is 9.61. The number of hydrogen-bond donors (Lipinski definition) is 1. The van der Waals surface area contributed by atoms with Crippen molar-refractivity contribution in [3.63, 3.8) is 0 Å². The largest absolute Gasteiger partial charge is 0.339 e. The molecule has 0 bridgehead atoms. The molecular formula is C17H26N2O. The van der Waals surface area contributed by atoms with E-state index in [1.807, 2.05) is 29.2 Å². The number of nitrogens with two attached hydrogens (primary N) is 1. The van der Waals surface area contributed by atoms with Crippen LogP contribution in [0.3, 0.4) is 0 Å². The number of nitrogens with zero attached hydrogens (tertiary/aromatic N) is 1. The SMILES string of the molecule is CC(C)C1CCCN(C(=O)c2cccc(CN)c2)CC1. The minimum atomic E-state index is 0.157. The predicted octanol–water partition coefficient (Wildman–Crippen LogP) is 3.04. The van der Waals surface area contributed by atoms with E-state index >= 15 is 0 Å². The topological polar surface area (TPSA) is 46.3 Å². The molecule has 1 atom stereocenters. The van der Waals surface area contributed by atoms with Gasteiger partial charge in [-0.2, -0.15) is 0 Å². The normalized spacial score (nSPS) is 20.0. The Morgan fingerprint density at radius 1 is 1.35 bits per heavy atom. The van der Waals surface area contributed by atoms with E-state index in [0.29, 0.717) is 12.5 Å². The molecule has 1 aliphatic rings. The van der Waals surface area contributed by atoms with Gasteiger partial charge in [-0.05, 0) is 48.8 Å². The zero-order chi connectivity index (χ0) is 14.5. The maximum absolute atomic E-state index is 12.6. The van der Waals surface area contributed by atoms with Crippen LogP contribution >= 0.6 is 0 Å². The maximum atomic E-state index is 12.6. The quantitative estimate of drug-likeness (QED) is 0.921. The monoisotopic (exact) mass is 274 g/mol. The highest BCUT2D eigenvalue weighted by atomic mass is 16.2. The number of carbonyl (C=O) groups excluding carboxylic acids is 1. The average molecular weight is 274 g/mol. The van der Waals surface area contributed by atoms with Crippen LogP contribution in [0.5, 0.6) is 0 Å². The van der Waals surface area contributed by atoms with Crippen molar-refractivity contribution >= 4 is 5.91 Å². The standard InChI is InChI=1S/C17H26N2O/c1-13(2)15-7-4-9-19(10-8-15)17(20)16-6-3-5-14(11-16)12-18/h3,5-6,11,13,15H,4,7-10,12,18H2,1-2H3. The lowest BCUT2D eigenvalue weighted by atomic mass is 9.89. The molecule has 0 saturated carbocycles. The van der Waals surface area contributed by atoms with E-state index in [0.717, 1.165) is 43.0 Å². The van der Waals surface area contributed by atoms with Gasteiger partial charge in [0, 0.05) is 25.2 Å². The molecule has 3 nitrogen and oxygen atoms in total. The van der Waals surface area contributed by atoms with Gasteiger partial charge in [-0.1, -0.05) is 26.0 Å². The van der Waals surface area contributed by atoms with E-state index in [1.54, 1.807) is 0 Å². The molecule has 3 heteroatoms. The zero-order valence-corrected chi connectivity index (χ0v) is 12.6. The third-order valence-corrected chi connectivity index (χ3v) is 4.41. The molecule has 0 aromatic heterocycles. The van der Waals surface area contributed by atoms with Crippen LogP contribution in [-0.4, -0.2) is 23.9 Å². The first kappa shape index (κ1) is 15.0. The number of hydrogen-bond acceptors (Lipinski definition) is 2. The fraction of sp³-hybridized carbons (Fsp3) is 0.588. The number of amides is 1. The van der Waals surface area contributed by atoms with Crippen molar-refractivity contribution in [2.24, 2.45) is 17.6 Å². The van der Waals surface area contributed by atoms with E-state index in [9.17, 15) is 4.79 Å². The Hall–Kier alpha value is -1.35. The molecule has 1 saturated heterocycles. The summed E-state index contributed by atoms with van der Waals surface area (Å²) in [4.78, 5) is 14.6. The van der Waals surface area contributed by atoms with Crippen LogP contribution in [0.2, 0.25) is 0 Å². The Bertz CT molecular complexity index is 456. The fourth-order valence-electron chi connectivity index (χ4n) is 3.01. The lowest BCUT2D eigenvalue weighted by molar-refractivity contribution is 0.0758. The molecule has 2 N–H and O–H groups in total. The minimum Gasteiger partial charge on any atom is -0.339 e. The second kappa shape index (κ2) is 6.89. The predicted molar refractivity (Wildman–Crippen MR) is 82.4 cm³/mol. The molecule has 1 aliphatic heterocycles. The van der Waals surface area contributed by atoms with Crippen molar-refractivity contribution in [2.75, 3.05) is 13.1 Å². The first-order valence-electron chi connectivity index (χ1n) is 7.70. The number of carbonyl (C=O) groups is 1. The van der Waals surface area contributed by atoms with Crippen LogP contribution in [0.15, 0.2) is 24.3 Å². The Morgan fingerprint density at radius 3 is 2.85 bits per heavy atom. The van der Waals surface area contributed by atoms with E-state index in [1.165, 1.54) is 6.42 Å². The van der Waals surface area contributed by atoms with Crippen LogP contribution < -0.4 is 5.73 Å². The summed E-state index contributed by atoms with van der Waals surface area (Å²) in [5, 5.41) is 0. The van der Waals surface area contributed by atoms with Gasteiger partial charge in [0.1, 0.15) is 0 Å². The summed E-state index contributed by atoms with van der Waals surface area (Å²) in [6, 6.07) is 7.71. The Morgan fingerprint density at radius 2 is 2.15 bits per heavy atom. The number of benzene rings is 1. The average Bonchev–Trinajstić information content (AvgIpc) is 2.72. The Labute approximate surface area is 122 Å². The van der Waals surface area contributed by atoms with Gasteiger partial charge in [-0.25, -0.2) is 0 Å². The van der Waals surface area contributed by atoms with E-state index in [-0.39, 0.29) is 5.91 Å². The van der Waals surface area contributed by atoms with Gasteiger partial charge in [-0.15, -0.1) is 0 Å². The van der Waals surface area contributed by atoms with Gasteiger partial charge in [0.15, 0.2) is 0 Å². The smallest absolute Gasteiger partial charge is 0.253 e. The van der Waals surface area contributed by atoms with Crippen molar-refractivity contribution in [1.29, 1.82) is 0 Å². The highest BCUT2D eigenvalue weighted by Crippen LogP contribution is 2.25. The molecule has 1 amide bonds. The second-order valence-electron chi connectivity index (χ2n) is 6.13. The zero-order valence-electron chi connectivity index (χ0n) is 12.6. The molecule has 0 spiro atoms. The van der Waals surface area contributed by atoms with E-state index < -0.39 is 0 Å².